The summed E-state index contributed by atoms with van der Waals surface area (Å²) < 4.78 is 5.79. The van der Waals surface area contributed by atoms with Gasteiger partial charge in [-0.2, -0.15) is 0 Å². The van der Waals surface area contributed by atoms with Crippen LogP contribution in [0.3, 0.4) is 0 Å². The van der Waals surface area contributed by atoms with Gasteiger partial charge in [0, 0.05) is 12.2 Å². The third-order valence-electron chi connectivity index (χ3n) is 2.99. The minimum atomic E-state index is 0.393. The molecule has 0 aliphatic carbocycles. The summed E-state index contributed by atoms with van der Waals surface area (Å²) in [6.07, 6.45) is 2.09. The second kappa shape index (κ2) is 7.49. The van der Waals surface area contributed by atoms with Crippen LogP contribution in [0.25, 0.3) is 0 Å². The first kappa shape index (κ1) is 16.0. The largest absolute Gasteiger partial charge is 0.490 e. The summed E-state index contributed by atoms with van der Waals surface area (Å²) in [6.45, 7) is 13.5. The van der Waals surface area contributed by atoms with Crippen LogP contribution < -0.4 is 10.1 Å². The molecule has 1 heterocycles. The molecular weight excluding hydrogens is 236 g/mol. The van der Waals surface area contributed by atoms with Crippen molar-refractivity contribution in [1.82, 2.24) is 10.3 Å². The van der Waals surface area contributed by atoms with Crippen LogP contribution in [0.5, 0.6) is 5.75 Å². The fourth-order valence-electron chi connectivity index (χ4n) is 1.80. The van der Waals surface area contributed by atoms with Gasteiger partial charge in [-0.05, 0) is 43.9 Å². The van der Waals surface area contributed by atoms with Gasteiger partial charge in [-0.1, -0.05) is 27.7 Å². The van der Waals surface area contributed by atoms with E-state index in [2.05, 4.69) is 38.0 Å². The van der Waals surface area contributed by atoms with Crippen molar-refractivity contribution in [2.24, 2.45) is 5.41 Å². The van der Waals surface area contributed by atoms with Crippen molar-refractivity contribution in [3.8, 4) is 5.75 Å². The summed E-state index contributed by atoms with van der Waals surface area (Å²) in [7, 11) is 0. The number of pyridine rings is 1. The predicted molar refractivity (Wildman–Crippen MR) is 80.8 cm³/mol. The minimum Gasteiger partial charge on any atom is -0.490 e. The maximum atomic E-state index is 5.79. The Morgan fingerprint density at radius 1 is 1.21 bits per heavy atom. The Morgan fingerprint density at radius 2 is 1.95 bits per heavy atom. The molecular formula is C16H28N2O. The maximum absolute atomic E-state index is 5.79. The first-order chi connectivity index (χ1) is 8.92. The fraction of sp³-hybridized carbons (Fsp3) is 0.688. The molecule has 0 spiro atoms. The van der Waals surface area contributed by atoms with Gasteiger partial charge in [-0.3, -0.25) is 4.98 Å². The topological polar surface area (TPSA) is 34.1 Å². The van der Waals surface area contributed by atoms with Crippen LogP contribution in [0, 0.1) is 12.3 Å². The lowest BCUT2D eigenvalue weighted by Crippen LogP contribution is -2.25. The molecule has 3 nitrogen and oxygen atoms in total. The average Bonchev–Trinajstić information content (AvgIpc) is 2.33. The van der Waals surface area contributed by atoms with E-state index in [1.807, 2.05) is 19.1 Å². The third kappa shape index (κ3) is 6.58. The lowest BCUT2D eigenvalue weighted by atomic mass is 9.92. The van der Waals surface area contributed by atoms with E-state index < -0.39 is 0 Å². The molecule has 0 fully saturated rings. The highest BCUT2D eigenvalue weighted by atomic mass is 16.5. The Morgan fingerprint density at radius 3 is 2.58 bits per heavy atom. The molecule has 1 aromatic heterocycles. The van der Waals surface area contributed by atoms with E-state index in [1.54, 1.807) is 0 Å². The molecule has 1 aromatic rings. The highest BCUT2D eigenvalue weighted by Crippen LogP contribution is 2.18. The first-order valence-electron chi connectivity index (χ1n) is 7.22. The van der Waals surface area contributed by atoms with Gasteiger partial charge in [0.15, 0.2) is 0 Å². The van der Waals surface area contributed by atoms with Gasteiger partial charge in [0.05, 0.1) is 5.69 Å². The van der Waals surface area contributed by atoms with Crippen LogP contribution in [0.15, 0.2) is 12.1 Å². The number of aromatic nitrogens is 1. The van der Waals surface area contributed by atoms with Crippen molar-refractivity contribution in [2.45, 2.75) is 47.5 Å². The van der Waals surface area contributed by atoms with Gasteiger partial charge in [0.25, 0.3) is 0 Å². The molecule has 1 rings (SSSR count). The number of rotatable bonds is 7. The lowest BCUT2D eigenvalue weighted by molar-refractivity contribution is 0.300. The molecule has 3 heteroatoms. The van der Waals surface area contributed by atoms with E-state index in [-0.39, 0.29) is 0 Å². The standard InChI is InChI=1S/C16H28N2O/c1-6-14-15(8-7-13(2)18-14)19-12-11-17-10-9-16(3,4)5/h7-8,17H,6,9-12H2,1-5H3. The van der Waals surface area contributed by atoms with Gasteiger partial charge in [-0.25, -0.2) is 0 Å². The molecule has 0 saturated heterocycles. The summed E-state index contributed by atoms with van der Waals surface area (Å²) in [5, 5.41) is 3.42. The van der Waals surface area contributed by atoms with Gasteiger partial charge < -0.3 is 10.1 Å². The molecule has 1 N–H and O–H groups in total. The number of aryl methyl sites for hydroxylation is 2. The molecule has 0 aliphatic rings. The maximum Gasteiger partial charge on any atom is 0.140 e. The number of ether oxygens (including phenoxy) is 1. The van der Waals surface area contributed by atoms with Crippen LogP contribution in [0.4, 0.5) is 0 Å². The Bertz CT molecular complexity index is 383. The van der Waals surface area contributed by atoms with E-state index in [1.165, 1.54) is 6.42 Å². The average molecular weight is 264 g/mol. The molecule has 0 unspecified atom stereocenters. The number of nitrogens with one attached hydrogen (secondary N) is 1. The lowest BCUT2D eigenvalue weighted by Gasteiger charge is -2.18. The SMILES string of the molecule is CCc1nc(C)ccc1OCCNCCC(C)(C)C. The van der Waals surface area contributed by atoms with Crippen molar-refractivity contribution < 1.29 is 4.74 Å². The van der Waals surface area contributed by atoms with Crippen molar-refractivity contribution >= 4 is 0 Å². The molecule has 0 radical (unpaired) electrons. The van der Waals surface area contributed by atoms with E-state index in [0.29, 0.717) is 12.0 Å². The van der Waals surface area contributed by atoms with Crippen LogP contribution in [-0.4, -0.2) is 24.7 Å². The zero-order valence-corrected chi connectivity index (χ0v) is 13.0. The van der Waals surface area contributed by atoms with Gasteiger partial charge in [0.2, 0.25) is 0 Å². The monoisotopic (exact) mass is 264 g/mol. The van der Waals surface area contributed by atoms with Crippen LogP contribution in [-0.2, 0) is 6.42 Å². The van der Waals surface area contributed by atoms with Crippen molar-refractivity contribution in [3.63, 3.8) is 0 Å². The van der Waals surface area contributed by atoms with Crippen LogP contribution in [0.2, 0.25) is 0 Å². The Kier molecular flexibility index (Phi) is 6.29. The Hall–Kier alpha value is -1.09. The van der Waals surface area contributed by atoms with Crippen molar-refractivity contribution in [3.05, 3.63) is 23.5 Å². The molecule has 0 atom stereocenters. The van der Waals surface area contributed by atoms with Gasteiger partial charge >= 0.3 is 0 Å². The minimum absolute atomic E-state index is 0.393. The highest BCUT2D eigenvalue weighted by Gasteiger charge is 2.08. The number of hydrogen-bond donors (Lipinski definition) is 1. The van der Waals surface area contributed by atoms with E-state index in [0.717, 1.165) is 36.6 Å². The second-order valence-electron chi connectivity index (χ2n) is 6.16. The molecule has 0 amide bonds. The van der Waals surface area contributed by atoms with Crippen LogP contribution in [0.1, 0.15) is 45.5 Å². The van der Waals surface area contributed by atoms with Crippen molar-refractivity contribution in [1.29, 1.82) is 0 Å². The summed E-state index contributed by atoms with van der Waals surface area (Å²) in [5.74, 6) is 0.922. The Balaban J connectivity index is 2.26. The van der Waals surface area contributed by atoms with Gasteiger partial charge in [-0.15, -0.1) is 0 Å². The molecule has 0 aromatic carbocycles. The van der Waals surface area contributed by atoms with E-state index in [9.17, 15) is 0 Å². The second-order valence-corrected chi connectivity index (χ2v) is 6.16. The third-order valence-corrected chi connectivity index (χ3v) is 2.99. The molecule has 19 heavy (non-hydrogen) atoms. The number of hydrogen-bond acceptors (Lipinski definition) is 3. The molecule has 0 aliphatic heterocycles. The summed E-state index contributed by atoms with van der Waals surface area (Å²) >= 11 is 0. The summed E-state index contributed by atoms with van der Waals surface area (Å²) in [6, 6.07) is 4.03. The number of nitrogens with zero attached hydrogens (tertiary/aromatic N) is 1. The quantitative estimate of drug-likeness (QED) is 0.767. The van der Waals surface area contributed by atoms with E-state index in [4.69, 9.17) is 4.74 Å². The summed E-state index contributed by atoms with van der Waals surface area (Å²) in [4.78, 5) is 4.49. The Labute approximate surface area is 117 Å². The smallest absolute Gasteiger partial charge is 0.140 e. The van der Waals surface area contributed by atoms with Crippen molar-refractivity contribution in [2.75, 3.05) is 19.7 Å². The summed E-state index contributed by atoms with van der Waals surface area (Å²) in [5.41, 5.74) is 2.49. The molecule has 0 bridgehead atoms. The normalized spacial score (nSPS) is 11.6. The van der Waals surface area contributed by atoms with Crippen LogP contribution >= 0.6 is 0 Å². The highest BCUT2D eigenvalue weighted by molar-refractivity contribution is 5.29. The molecule has 0 saturated carbocycles. The zero-order chi connectivity index (χ0) is 14.3. The zero-order valence-electron chi connectivity index (χ0n) is 13.0. The van der Waals surface area contributed by atoms with E-state index >= 15 is 0 Å². The van der Waals surface area contributed by atoms with Gasteiger partial charge in [0.1, 0.15) is 12.4 Å². The molecule has 108 valence electrons. The first-order valence-corrected chi connectivity index (χ1v) is 7.22. The predicted octanol–water partition coefficient (Wildman–Crippen LogP) is 3.36. The fourth-order valence-corrected chi connectivity index (χ4v) is 1.80.